The van der Waals surface area contributed by atoms with E-state index in [-0.39, 0.29) is 11.9 Å². The van der Waals surface area contributed by atoms with Gasteiger partial charge in [0.05, 0.1) is 12.8 Å². The number of benzene rings is 1. The summed E-state index contributed by atoms with van der Waals surface area (Å²) >= 11 is 0. The lowest BCUT2D eigenvalue weighted by atomic mass is 10.1. The number of nitrogens with one attached hydrogen (secondary N) is 1. The van der Waals surface area contributed by atoms with E-state index in [1.54, 1.807) is 7.11 Å². The number of anilines is 1. The van der Waals surface area contributed by atoms with Crippen molar-refractivity contribution in [2.75, 3.05) is 32.1 Å². The van der Waals surface area contributed by atoms with Gasteiger partial charge in [-0.1, -0.05) is 12.1 Å². The molecule has 1 aromatic carbocycles. The van der Waals surface area contributed by atoms with E-state index in [9.17, 15) is 4.79 Å². The summed E-state index contributed by atoms with van der Waals surface area (Å²) in [5.41, 5.74) is 6.65. The molecular formula is C15H23N3O2. The Morgan fingerprint density at radius 3 is 3.05 bits per heavy atom. The summed E-state index contributed by atoms with van der Waals surface area (Å²) in [6.07, 6.45) is 2.68. The van der Waals surface area contributed by atoms with Gasteiger partial charge in [0.1, 0.15) is 5.75 Å². The highest BCUT2D eigenvalue weighted by Crippen LogP contribution is 2.23. The van der Waals surface area contributed by atoms with Gasteiger partial charge in [-0.15, -0.1) is 0 Å². The SMILES string of the molecule is COc1ccccc1NC(=O)CCN1CCC[C@@H](N)C1. The molecule has 1 aliphatic heterocycles. The highest BCUT2D eigenvalue weighted by molar-refractivity contribution is 5.92. The van der Waals surface area contributed by atoms with Crippen molar-refractivity contribution in [3.05, 3.63) is 24.3 Å². The number of ether oxygens (including phenoxy) is 1. The molecule has 1 fully saturated rings. The molecule has 1 aromatic rings. The van der Waals surface area contributed by atoms with Crippen molar-refractivity contribution in [1.29, 1.82) is 0 Å². The molecule has 0 radical (unpaired) electrons. The third kappa shape index (κ3) is 4.21. The second-order valence-corrected chi connectivity index (χ2v) is 5.20. The quantitative estimate of drug-likeness (QED) is 0.855. The van der Waals surface area contributed by atoms with Gasteiger partial charge in [0.15, 0.2) is 0 Å². The number of para-hydroxylation sites is 2. The average Bonchev–Trinajstić information content (AvgIpc) is 2.46. The highest BCUT2D eigenvalue weighted by Gasteiger charge is 2.17. The van der Waals surface area contributed by atoms with Crippen LogP contribution < -0.4 is 15.8 Å². The molecule has 2 rings (SSSR count). The van der Waals surface area contributed by atoms with E-state index in [2.05, 4.69) is 10.2 Å². The molecule has 1 heterocycles. The maximum atomic E-state index is 12.0. The van der Waals surface area contributed by atoms with Gasteiger partial charge in [-0.05, 0) is 31.5 Å². The minimum Gasteiger partial charge on any atom is -0.495 e. The van der Waals surface area contributed by atoms with Gasteiger partial charge >= 0.3 is 0 Å². The Bertz CT molecular complexity index is 450. The number of amides is 1. The number of carbonyl (C=O) groups excluding carboxylic acids is 1. The highest BCUT2D eigenvalue weighted by atomic mass is 16.5. The lowest BCUT2D eigenvalue weighted by Gasteiger charge is -2.30. The van der Waals surface area contributed by atoms with Crippen LogP contribution >= 0.6 is 0 Å². The first-order chi connectivity index (χ1) is 9.69. The van der Waals surface area contributed by atoms with Crippen LogP contribution in [-0.4, -0.2) is 43.6 Å². The maximum absolute atomic E-state index is 12.0. The standard InChI is InChI=1S/C15H23N3O2/c1-20-14-7-3-2-6-13(14)17-15(19)8-10-18-9-4-5-12(16)11-18/h2-3,6-7,12H,4-5,8-11,16H2,1H3,(H,17,19)/t12-/m1/s1. The molecule has 5 heteroatoms. The van der Waals surface area contributed by atoms with Crippen LogP contribution in [0, 0.1) is 0 Å². The molecule has 1 saturated heterocycles. The minimum atomic E-state index is 0.00800. The van der Waals surface area contributed by atoms with Gasteiger partial charge in [-0.3, -0.25) is 4.79 Å². The molecule has 1 amide bonds. The Kier molecular flexibility index (Phi) is 5.38. The normalized spacial score (nSPS) is 19.6. The number of hydrogen-bond acceptors (Lipinski definition) is 4. The zero-order valence-corrected chi connectivity index (χ0v) is 12.0. The number of hydrogen-bond donors (Lipinski definition) is 2. The third-order valence-corrected chi connectivity index (χ3v) is 3.58. The van der Waals surface area contributed by atoms with Crippen LogP contribution in [0.2, 0.25) is 0 Å². The van der Waals surface area contributed by atoms with Crippen LogP contribution in [0.15, 0.2) is 24.3 Å². The first kappa shape index (κ1) is 14.8. The first-order valence-electron chi connectivity index (χ1n) is 7.10. The summed E-state index contributed by atoms with van der Waals surface area (Å²) in [7, 11) is 1.60. The fourth-order valence-corrected chi connectivity index (χ4v) is 2.51. The fourth-order valence-electron chi connectivity index (χ4n) is 2.51. The third-order valence-electron chi connectivity index (χ3n) is 3.58. The molecule has 0 spiro atoms. The molecule has 0 unspecified atom stereocenters. The smallest absolute Gasteiger partial charge is 0.225 e. The summed E-state index contributed by atoms with van der Waals surface area (Å²) in [5, 5.41) is 2.89. The van der Waals surface area contributed by atoms with Crippen molar-refractivity contribution in [3.63, 3.8) is 0 Å². The Labute approximate surface area is 120 Å². The van der Waals surface area contributed by atoms with Crippen LogP contribution in [0.3, 0.4) is 0 Å². The van der Waals surface area contributed by atoms with Crippen molar-refractivity contribution in [1.82, 2.24) is 4.90 Å². The van der Waals surface area contributed by atoms with Gasteiger partial charge < -0.3 is 20.7 Å². The van der Waals surface area contributed by atoms with E-state index in [0.717, 1.165) is 38.2 Å². The number of carbonyl (C=O) groups is 1. The van der Waals surface area contributed by atoms with Crippen LogP contribution in [0.4, 0.5) is 5.69 Å². The number of nitrogens with two attached hydrogens (primary N) is 1. The predicted octanol–water partition coefficient (Wildman–Crippen LogP) is 1.45. The maximum Gasteiger partial charge on any atom is 0.225 e. The molecule has 0 saturated carbocycles. The van der Waals surface area contributed by atoms with E-state index >= 15 is 0 Å². The molecule has 0 aliphatic carbocycles. The van der Waals surface area contributed by atoms with Crippen molar-refractivity contribution >= 4 is 11.6 Å². The zero-order chi connectivity index (χ0) is 14.4. The molecule has 0 bridgehead atoms. The number of methoxy groups -OCH3 is 1. The molecule has 0 aromatic heterocycles. The van der Waals surface area contributed by atoms with Crippen LogP contribution in [0.5, 0.6) is 5.75 Å². The summed E-state index contributed by atoms with van der Waals surface area (Å²) in [4.78, 5) is 14.2. The van der Waals surface area contributed by atoms with Crippen molar-refractivity contribution in [2.24, 2.45) is 5.73 Å². The number of likely N-dealkylation sites (tertiary alicyclic amines) is 1. The number of rotatable bonds is 5. The Morgan fingerprint density at radius 1 is 1.50 bits per heavy atom. The predicted molar refractivity (Wildman–Crippen MR) is 79.9 cm³/mol. The Hall–Kier alpha value is -1.59. The summed E-state index contributed by atoms with van der Waals surface area (Å²) in [5.74, 6) is 0.689. The number of nitrogens with zero attached hydrogens (tertiary/aromatic N) is 1. The Morgan fingerprint density at radius 2 is 2.30 bits per heavy atom. The van der Waals surface area contributed by atoms with Crippen LogP contribution in [0.1, 0.15) is 19.3 Å². The van der Waals surface area contributed by atoms with E-state index in [1.165, 1.54) is 0 Å². The van der Waals surface area contributed by atoms with Gasteiger partial charge in [0.2, 0.25) is 5.91 Å². The Balaban J connectivity index is 1.80. The molecule has 1 aliphatic rings. The monoisotopic (exact) mass is 277 g/mol. The van der Waals surface area contributed by atoms with Crippen LogP contribution in [-0.2, 0) is 4.79 Å². The summed E-state index contributed by atoms with van der Waals surface area (Å²) in [6, 6.07) is 7.68. The van der Waals surface area contributed by atoms with Crippen molar-refractivity contribution in [2.45, 2.75) is 25.3 Å². The lowest BCUT2D eigenvalue weighted by molar-refractivity contribution is -0.116. The molecule has 5 nitrogen and oxygen atoms in total. The van der Waals surface area contributed by atoms with Crippen molar-refractivity contribution < 1.29 is 9.53 Å². The van der Waals surface area contributed by atoms with Gasteiger partial charge in [-0.25, -0.2) is 0 Å². The molecule has 110 valence electrons. The van der Waals surface area contributed by atoms with E-state index in [1.807, 2.05) is 24.3 Å². The second kappa shape index (κ2) is 7.26. The summed E-state index contributed by atoms with van der Waals surface area (Å²) < 4.78 is 5.21. The fraction of sp³-hybridized carbons (Fsp3) is 0.533. The van der Waals surface area contributed by atoms with E-state index in [4.69, 9.17) is 10.5 Å². The average molecular weight is 277 g/mol. The molecule has 3 N–H and O–H groups in total. The first-order valence-corrected chi connectivity index (χ1v) is 7.10. The van der Waals surface area contributed by atoms with Gasteiger partial charge in [-0.2, -0.15) is 0 Å². The zero-order valence-electron chi connectivity index (χ0n) is 12.0. The second-order valence-electron chi connectivity index (χ2n) is 5.20. The van der Waals surface area contributed by atoms with Gasteiger partial charge in [0.25, 0.3) is 0 Å². The molecule has 1 atom stereocenters. The topological polar surface area (TPSA) is 67.6 Å². The lowest BCUT2D eigenvalue weighted by Crippen LogP contribution is -2.43. The molecule has 20 heavy (non-hydrogen) atoms. The van der Waals surface area contributed by atoms with Crippen molar-refractivity contribution in [3.8, 4) is 5.75 Å². The van der Waals surface area contributed by atoms with E-state index < -0.39 is 0 Å². The largest absolute Gasteiger partial charge is 0.495 e. The number of piperidine rings is 1. The molecular weight excluding hydrogens is 254 g/mol. The van der Waals surface area contributed by atoms with E-state index in [0.29, 0.717) is 12.2 Å². The van der Waals surface area contributed by atoms with Crippen LogP contribution in [0.25, 0.3) is 0 Å². The minimum absolute atomic E-state index is 0.00800. The van der Waals surface area contributed by atoms with Gasteiger partial charge in [0, 0.05) is 25.6 Å². The summed E-state index contributed by atoms with van der Waals surface area (Å²) in [6.45, 7) is 2.69.